The average Bonchev–Trinajstić information content (AvgIpc) is 3.15. The van der Waals surface area contributed by atoms with Crippen LogP contribution in [0.5, 0.6) is 5.75 Å². The minimum absolute atomic E-state index is 0.0404. The monoisotopic (exact) mass is 287 g/mol. The summed E-state index contributed by atoms with van der Waals surface area (Å²) in [4.78, 5) is 17.8. The van der Waals surface area contributed by atoms with Crippen LogP contribution in [0.1, 0.15) is 31.7 Å². The molecule has 0 unspecified atom stereocenters. The van der Waals surface area contributed by atoms with E-state index >= 15 is 0 Å². The van der Waals surface area contributed by atoms with E-state index in [9.17, 15) is 4.79 Å². The maximum atomic E-state index is 11.6. The molecule has 1 aliphatic heterocycles. The van der Waals surface area contributed by atoms with Gasteiger partial charge in [0.15, 0.2) is 0 Å². The molecule has 1 saturated heterocycles. The van der Waals surface area contributed by atoms with E-state index in [1.54, 1.807) is 18.9 Å². The van der Waals surface area contributed by atoms with Crippen molar-refractivity contribution in [3.05, 3.63) is 30.2 Å². The highest BCUT2D eigenvalue weighted by atomic mass is 16.5. The van der Waals surface area contributed by atoms with Crippen LogP contribution in [0, 0.1) is 0 Å². The molecule has 6 nitrogen and oxygen atoms in total. The maximum absolute atomic E-state index is 11.6. The van der Waals surface area contributed by atoms with E-state index in [1.807, 2.05) is 24.3 Å². The summed E-state index contributed by atoms with van der Waals surface area (Å²) in [5.74, 6) is 1.79. The Bertz CT molecular complexity index is 653. The van der Waals surface area contributed by atoms with E-state index in [0.717, 1.165) is 30.7 Å². The smallest absolute Gasteiger partial charge is 0.249 e. The molecule has 1 aromatic carbocycles. The van der Waals surface area contributed by atoms with Crippen LogP contribution in [0.2, 0.25) is 0 Å². The Labute approximate surface area is 122 Å². The number of nitrogens with zero attached hydrogens (tertiary/aromatic N) is 3. The molecule has 0 radical (unpaired) electrons. The maximum Gasteiger partial charge on any atom is 0.249 e. The van der Waals surface area contributed by atoms with Crippen LogP contribution in [-0.2, 0) is 4.79 Å². The minimum Gasteiger partial charge on any atom is -0.497 e. The Balaban J connectivity index is 1.87. The molecule has 0 bridgehead atoms. The van der Waals surface area contributed by atoms with Gasteiger partial charge in [-0.2, -0.15) is 4.98 Å². The first-order valence-electron chi connectivity index (χ1n) is 6.94. The number of benzene rings is 1. The summed E-state index contributed by atoms with van der Waals surface area (Å²) in [6.45, 7) is 2.31. The van der Waals surface area contributed by atoms with Crippen LogP contribution in [0.15, 0.2) is 28.8 Å². The lowest BCUT2D eigenvalue weighted by Gasteiger charge is -2.19. The fourth-order valence-electron chi connectivity index (χ4n) is 2.65. The lowest BCUT2D eigenvalue weighted by molar-refractivity contribution is -0.130. The zero-order chi connectivity index (χ0) is 14.8. The summed E-state index contributed by atoms with van der Waals surface area (Å²) in [7, 11) is 1.62. The van der Waals surface area contributed by atoms with Crippen molar-refractivity contribution in [1.82, 2.24) is 15.0 Å². The molecule has 0 spiro atoms. The topological polar surface area (TPSA) is 68.5 Å². The normalized spacial score (nSPS) is 18.0. The molecule has 2 aromatic rings. The van der Waals surface area contributed by atoms with E-state index in [1.165, 1.54) is 0 Å². The molecule has 1 fully saturated rings. The Morgan fingerprint density at radius 1 is 1.48 bits per heavy atom. The second-order valence-corrected chi connectivity index (χ2v) is 5.06. The molecular weight excluding hydrogens is 270 g/mol. The Morgan fingerprint density at radius 3 is 3.10 bits per heavy atom. The van der Waals surface area contributed by atoms with Gasteiger partial charge in [0.1, 0.15) is 11.8 Å². The molecular formula is C15H17N3O3. The van der Waals surface area contributed by atoms with Gasteiger partial charge in [-0.25, -0.2) is 0 Å². The van der Waals surface area contributed by atoms with Crippen molar-refractivity contribution in [2.24, 2.45) is 0 Å². The molecule has 1 aliphatic rings. The quantitative estimate of drug-likeness (QED) is 0.867. The van der Waals surface area contributed by atoms with Crippen molar-refractivity contribution in [3.63, 3.8) is 0 Å². The highest BCUT2D eigenvalue weighted by Gasteiger charge is 2.32. The van der Waals surface area contributed by atoms with Gasteiger partial charge < -0.3 is 14.2 Å². The van der Waals surface area contributed by atoms with E-state index in [4.69, 9.17) is 9.26 Å². The van der Waals surface area contributed by atoms with Crippen LogP contribution in [0.3, 0.4) is 0 Å². The van der Waals surface area contributed by atoms with Gasteiger partial charge in [-0.1, -0.05) is 17.3 Å². The lowest BCUT2D eigenvalue weighted by atomic mass is 10.2. The van der Waals surface area contributed by atoms with Crippen LogP contribution in [0.4, 0.5) is 0 Å². The summed E-state index contributed by atoms with van der Waals surface area (Å²) in [6, 6.07) is 7.38. The number of amides is 1. The van der Waals surface area contributed by atoms with Crippen molar-refractivity contribution < 1.29 is 14.1 Å². The Kier molecular flexibility index (Phi) is 3.60. The van der Waals surface area contributed by atoms with Crippen LogP contribution < -0.4 is 4.74 Å². The molecule has 0 N–H and O–H groups in total. The summed E-state index contributed by atoms with van der Waals surface area (Å²) in [5, 5.41) is 4.02. The summed E-state index contributed by atoms with van der Waals surface area (Å²) in [5.41, 5.74) is 0.830. The SMILES string of the molecule is COc1cccc(-c2noc([C@@H]3CCCN3C(C)=O)n2)c1. The molecule has 2 heterocycles. The Morgan fingerprint density at radius 2 is 2.33 bits per heavy atom. The summed E-state index contributed by atoms with van der Waals surface area (Å²) in [6.07, 6.45) is 1.82. The summed E-state index contributed by atoms with van der Waals surface area (Å²) < 4.78 is 10.6. The first-order valence-corrected chi connectivity index (χ1v) is 6.94. The van der Waals surface area contributed by atoms with Crippen molar-refractivity contribution in [2.75, 3.05) is 13.7 Å². The van der Waals surface area contributed by atoms with Gasteiger partial charge in [0.2, 0.25) is 17.6 Å². The highest BCUT2D eigenvalue weighted by Crippen LogP contribution is 2.32. The van der Waals surface area contributed by atoms with Gasteiger partial charge in [0.05, 0.1) is 7.11 Å². The number of methoxy groups -OCH3 is 1. The molecule has 1 atom stereocenters. The van der Waals surface area contributed by atoms with Crippen molar-refractivity contribution >= 4 is 5.91 Å². The fraction of sp³-hybridized carbons (Fsp3) is 0.400. The van der Waals surface area contributed by atoms with Crippen LogP contribution in [-0.4, -0.2) is 34.6 Å². The van der Waals surface area contributed by atoms with Gasteiger partial charge >= 0.3 is 0 Å². The third kappa shape index (κ3) is 2.61. The number of rotatable bonds is 3. The van der Waals surface area contributed by atoms with Gasteiger partial charge in [0.25, 0.3) is 0 Å². The third-order valence-corrected chi connectivity index (χ3v) is 3.71. The van der Waals surface area contributed by atoms with Crippen LogP contribution >= 0.6 is 0 Å². The van der Waals surface area contributed by atoms with E-state index in [-0.39, 0.29) is 11.9 Å². The number of aromatic nitrogens is 2. The standard InChI is InChI=1S/C15H17N3O3/c1-10(19)18-8-4-7-13(18)15-16-14(17-21-15)11-5-3-6-12(9-11)20-2/h3,5-6,9,13H,4,7-8H2,1-2H3/t13-/m0/s1. The number of hydrogen-bond donors (Lipinski definition) is 0. The van der Waals surface area contributed by atoms with E-state index in [0.29, 0.717) is 11.7 Å². The zero-order valence-electron chi connectivity index (χ0n) is 12.1. The number of carbonyl (C=O) groups is 1. The molecule has 110 valence electrons. The predicted molar refractivity (Wildman–Crippen MR) is 75.6 cm³/mol. The summed E-state index contributed by atoms with van der Waals surface area (Å²) >= 11 is 0. The first-order chi connectivity index (χ1) is 10.2. The van der Waals surface area contributed by atoms with Crippen molar-refractivity contribution in [1.29, 1.82) is 0 Å². The number of ether oxygens (including phenoxy) is 1. The Hall–Kier alpha value is -2.37. The average molecular weight is 287 g/mol. The largest absolute Gasteiger partial charge is 0.497 e. The number of likely N-dealkylation sites (tertiary alicyclic amines) is 1. The van der Waals surface area contributed by atoms with Gasteiger partial charge in [0, 0.05) is 19.0 Å². The van der Waals surface area contributed by atoms with E-state index < -0.39 is 0 Å². The van der Waals surface area contributed by atoms with Gasteiger partial charge in [-0.05, 0) is 25.0 Å². The van der Waals surface area contributed by atoms with Gasteiger partial charge in [-0.3, -0.25) is 4.79 Å². The zero-order valence-corrected chi connectivity index (χ0v) is 12.1. The molecule has 0 saturated carbocycles. The minimum atomic E-state index is -0.102. The predicted octanol–water partition coefficient (Wildman–Crippen LogP) is 2.43. The lowest BCUT2D eigenvalue weighted by Crippen LogP contribution is -2.28. The first kappa shape index (κ1) is 13.6. The molecule has 0 aliphatic carbocycles. The van der Waals surface area contributed by atoms with E-state index in [2.05, 4.69) is 10.1 Å². The van der Waals surface area contributed by atoms with Crippen molar-refractivity contribution in [3.8, 4) is 17.1 Å². The van der Waals surface area contributed by atoms with Crippen molar-refractivity contribution in [2.45, 2.75) is 25.8 Å². The number of hydrogen-bond acceptors (Lipinski definition) is 5. The third-order valence-electron chi connectivity index (χ3n) is 3.71. The highest BCUT2D eigenvalue weighted by molar-refractivity contribution is 5.74. The second kappa shape index (κ2) is 5.55. The molecule has 1 amide bonds. The second-order valence-electron chi connectivity index (χ2n) is 5.06. The molecule has 6 heteroatoms. The molecule has 21 heavy (non-hydrogen) atoms. The molecule has 1 aromatic heterocycles. The number of carbonyl (C=O) groups excluding carboxylic acids is 1. The molecule has 3 rings (SSSR count). The fourth-order valence-corrected chi connectivity index (χ4v) is 2.65. The van der Waals surface area contributed by atoms with Crippen LogP contribution in [0.25, 0.3) is 11.4 Å². The van der Waals surface area contributed by atoms with Gasteiger partial charge in [-0.15, -0.1) is 0 Å².